The van der Waals surface area contributed by atoms with Gasteiger partial charge in [-0.3, -0.25) is 4.79 Å². The molecule has 8 heteroatoms. The molecule has 0 aliphatic carbocycles. The molecule has 0 radical (unpaired) electrons. The van der Waals surface area contributed by atoms with Crippen LogP contribution in [0.2, 0.25) is 0 Å². The predicted molar refractivity (Wildman–Crippen MR) is 80.3 cm³/mol. The fourth-order valence-electron chi connectivity index (χ4n) is 1.89. The first-order chi connectivity index (χ1) is 10.9. The van der Waals surface area contributed by atoms with Gasteiger partial charge in [0.1, 0.15) is 11.6 Å². The van der Waals surface area contributed by atoms with Crippen LogP contribution in [0.3, 0.4) is 0 Å². The number of carbonyl (C=O) groups is 1. The van der Waals surface area contributed by atoms with E-state index in [4.69, 9.17) is 5.73 Å². The summed E-state index contributed by atoms with van der Waals surface area (Å²) < 4.78 is 12.8. The lowest BCUT2D eigenvalue weighted by atomic mass is 10.2. The van der Waals surface area contributed by atoms with Gasteiger partial charge in [-0.2, -0.15) is 4.98 Å². The number of nitrogens with two attached hydrogens (primary N) is 1. The third-order valence-electron chi connectivity index (χ3n) is 3.00. The molecule has 0 saturated heterocycles. The first-order valence-electron chi connectivity index (χ1n) is 6.94. The van der Waals surface area contributed by atoms with Crippen LogP contribution < -0.4 is 11.1 Å². The summed E-state index contributed by atoms with van der Waals surface area (Å²) in [5.74, 6) is -2.28. The summed E-state index contributed by atoms with van der Waals surface area (Å²) in [4.78, 5) is 19.7. The van der Waals surface area contributed by atoms with E-state index in [1.165, 1.54) is 24.3 Å². The van der Waals surface area contributed by atoms with E-state index in [9.17, 15) is 19.4 Å². The maximum atomic E-state index is 12.8. The topological polar surface area (TPSA) is 121 Å². The molecule has 122 valence electrons. The van der Waals surface area contributed by atoms with E-state index in [0.29, 0.717) is 5.56 Å². The molecule has 2 aromatic rings. The number of halogens is 1. The third-order valence-corrected chi connectivity index (χ3v) is 3.00. The first kappa shape index (κ1) is 16.6. The smallest absolute Gasteiger partial charge is 0.274 e. The fraction of sp³-hybridized carbons (Fsp3) is 0.267. The summed E-state index contributed by atoms with van der Waals surface area (Å²) >= 11 is 0. The number of aromatic hydroxyl groups is 2. The van der Waals surface area contributed by atoms with Crippen molar-refractivity contribution in [1.29, 1.82) is 0 Å². The van der Waals surface area contributed by atoms with Gasteiger partial charge in [0.05, 0.1) is 0 Å². The molecular weight excluding hydrogens is 303 g/mol. The van der Waals surface area contributed by atoms with Gasteiger partial charge in [0.2, 0.25) is 5.75 Å². The Balaban J connectivity index is 2.14. The van der Waals surface area contributed by atoms with E-state index >= 15 is 0 Å². The van der Waals surface area contributed by atoms with E-state index < -0.39 is 17.5 Å². The number of hydrogen-bond acceptors (Lipinski definition) is 6. The van der Waals surface area contributed by atoms with Crippen molar-refractivity contribution in [2.75, 3.05) is 0 Å². The zero-order chi connectivity index (χ0) is 17.0. The van der Waals surface area contributed by atoms with Gasteiger partial charge >= 0.3 is 0 Å². The minimum Gasteiger partial charge on any atom is -0.501 e. The largest absolute Gasteiger partial charge is 0.501 e. The van der Waals surface area contributed by atoms with E-state index in [1.54, 1.807) is 6.92 Å². The second-order valence-corrected chi connectivity index (χ2v) is 5.15. The molecule has 1 amide bonds. The molecule has 5 N–H and O–H groups in total. The summed E-state index contributed by atoms with van der Waals surface area (Å²) in [5, 5.41) is 21.9. The van der Waals surface area contributed by atoms with Crippen LogP contribution in [0.5, 0.6) is 11.6 Å². The zero-order valence-corrected chi connectivity index (χ0v) is 12.5. The number of benzene rings is 1. The Kier molecular flexibility index (Phi) is 5.07. The minimum atomic E-state index is -0.699. The Morgan fingerprint density at radius 2 is 1.96 bits per heavy atom. The molecule has 1 atom stereocenters. The highest BCUT2D eigenvalue weighted by Crippen LogP contribution is 2.25. The van der Waals surface area contributed by atoms with Crippen LogP contribution in [0, 0.1) is 5.82 Å². The lowest BCUT2D eigenvalue weighted by Gasteiger charge is -2.10. The van der Waals surface area contributed by atoms with E-state index in [1.807, 2.05) is 0 Å². The second-order valence-electron chi connectivity index (χ2n) is 5.15. The average Bonchev–Trinajstić information content (AvgIpc) is 2.49. The van der Waals surface area contributed by atoms with Gasteiger partial charge in [-0.25, -0.2) is 9.37 Å². The molecular formula is C15H17FN4O3. The molecule has 2 rings (SSSR count). The summed E-state index contributed by atoms with van der Waals surface area (Å²) in [5.41, 5.74) is 5.97. The fourth-order valence-corrected chi connectivity index (χ4v) is 1.89. The summed E-state index contributed by atoms with van der Waals surface area (Å²) in [6, 6.07) is 5.32. The SMILES string of the molecule is CC(N)Cc1nc(O)c(O)c(C(=O)NCc2ccc(F)cc2)n1. The molecule has 23 heavy (non-hydrogen) atoms. The maximum Gasteiger partial charge on any atom is 0.274 e. The Hall–Kier alpha value is -2.74. The van der Waals surface area contributed by atoms with Crippen LogP contribution in [-0.4, -0.2) is 32.1 Å². The predicted octanol–water partition coefficient (Wildman–Crippen LogP) is 0.847. The number of carbonyl (C=O) groups excluding carboxylic acids is 1. The van der Waals surface area contributed by atoms with Crippen molar-refractivity contribution in [1.82, 2.24) is 15.3 Å². The molecule has 1 unspecified atom stereocenters. The average molecular weight is 320 g/mol. The molecule has 1 heterocycles. The zero-order valence-electron chi connectivity index (χ0n) is 12.5. The van der Waals surface area contributed by atoms with Crippen LogP contribution in [0.4, 0.5) is 4.39 Å². The van der Waals surface area contributed by atoms with Crippen molar-refractivity contribution < 1.29 is 19.4 Å². The second kappa shape index (κ2) is 7.01. The molecule has 1 aromatic heterocycles. The monoisotopic (exact) mass is 320 g/mol. The summed E-state index contributed by atoms with van der Waals surface area (Å²) in [7, 11) is 0. The highest BCUT2D eigenvalue weighted by molar-refractivity contribution is 5.95. The van der Waals surface area contributed by atoms with E-state index in [0.717, 1.165) is 0 Å². The maximum absolute atomic E-state index is 12.8. The summed E-state index contributed by atoms with van der Waals surface area (Å²) in [6.45, 7) is 1.84. The number of hydrogen-bond donors (Lipinski definition) is 4. The van der Waals surface area contributed by atoms with Crippen molar-refractivity contribution >= 4 is 5.91 Å². The van der Waals surface area contributed by atoms with Crippen LogP contribution in [-0.2, 0) is 13.0 Å². The van der Waals surface area contributed by atoms with Crippen molar-refractivity contribution in [3.05, 3.63) is 47.2 Å². The Morgan fingerprint density at radius 3 is 2.57 bits per heavy atom. The van der Waals surface area contributed by atoms with Crippen molar-refractivity contribution in [2.45, 2.75) is 25.9 Å². The Labute approximate surface area is 132 Å². The third kappa shape index (κ3) is 4.36. The van der Waals surface area contributed by atoms with Crippen LogP contribution in [0.15, 0.2) is 24.3 Å². The molecule has 0 aliphatic heterocycles. The van der Waals surface area contributed by atoms with Gasteiger partial charge < -0.3 is 21.3 Å². The van der Waals surface area contributed by atoms with Crippen molar-refractivity contribution in [3.8, 4) is 11.6 Å². The highest BCUT2D eigenvalue weighted by Gasteiger charge is 2.19. The van der Waals surface area contributed by atoms with Gasteiger partial charge in [-0.15, -0.1) is 0 Å². The number of nitrogens with one attached hydrogen (secondary N) is 1. The van der Waals surface area contributed by atoms with Gasteiger partial charge in [-0.05, 0) is 24.6 Å². The Morgan fingerprint density at radius 1 is 1.30 bits per heavy atom. The highest BCUT2D eigenvalue weighted by atomic mass is 19.1. The van der Waals surface area contributed by atoms with Gasteiger partial charge in [-0.1, -0.05) is 12.1 Å². The number of rotatable bonds is 5. The van der Waals surface area contributed by atoms with E-state index in [2.05, 4.69) is 15.3 Å². The van der Waals surface area contributed by atoms with Crippen molar-refractivity contribution in [2.24, 2.45) is 5.73 Å². The summed E-state index contributed by atoms with van der Waals surface area (Å²) in [6.07, 6.45) is 0.242. The normalized spacial score (nSPS) is 12.0. The van der Waals surface area contributed by atoms with Crippen LogP contribution in [0.1, 0.15) is 28.8 Å². The number of nitrogens with zero attached hydrogens (tertiary/aromatic N) is 2. The minimum absolute atomic E-state index is 0.117. The molecule has 0 fully saturated rings. The molecule has 0 aliphatic rings. The lowest BCUT2D eigenvalue weighted by Crippen LogP contribution is -2.25. The van der Waals surface area contributed by atoms with Crippen LogP contribution in [0.25, 0.3) is 0 Å². The molecule has 0 bridgehead atoms. The van der Waals surface area contributed by atoms with Crippen molar-refractivity contribution in [3.63, 3.8) is 0 Å². The van der Waals surface area contributed by atoms with Gasteiger partial charge in [0.25, 0.3) is 11.8 Å². The molecule has 1 aromatic carbocycles. The molecule has 0 spiro atoms. The number of amides is 1. The first-order valence-corrected chi connectivity index (χ1v) is 6.94. The lowest BCUT2D eigenvalue weighted by molar-refractivity contribution is 0.0941. The van der Waals surface area contributed by atoms with Crippen LogP contribution >= 0.6 is 0 Å². The van der Waals surface area contributed by atoms with E-state index in [-0.39, 0.29) is 36.3 Å². The number of aromatic nitrogens is 2. The molecule has 7 nitrogen and oxygen atoms in total. The van der Waals surface area contributed by atoms with Gasteiger partial charge in [0.15, 0.2) is 5.69 Å². The molecule has 0 saturated carbocycles. The quantitative estimate of drug-likeness (QED) is 0.648. The standard InChI is InChI=1S/C15H17FN4O3/c1-8(17)6-11-19-12(13(21)15(23)20-11)14(22)18-7-9-2-4-10(16)5-3-9/h2-5,8,21H,6-7,17H2,1H3,(H,18,22)(H,19,20,23). The van der Waals surface area contributed by atoms with Gasteiger partial charge in [0, 0.05) is 19.0 Å². The Bertz CT molecular complexity index is 705.